The second-order valence-electron chi connectivity index (χ2n) is 3.03. The molecule has 0 bridgehead atoms. The van der Waals surface area contributed by atoms with Gasteiger partial charge in [0.1, 0.15) is 5.75 Å². The minimum atomic E-state index is -0.975. The Morgan fingerprint density at radius 2 is 2.21 bits per heavy atom. The third kappa shape index (κ3) is 2.73. The third-order valence-corrected chi connectivity index (χ3v) is 2.36. The molecule has 0 heterocycles. The van der Waals surface area contributed by atoms with Gasteiger partial charge in [-0.25, -0.2) is 4.79 Å². The van der Waals surface area contributed by atoms with E-state index in [0.717, 1.165) is 10.0 Å². The van der Waals surface area contributed by atoms with E-state index in [-0.39, 0.29) is 0 Å². The quantitative estimate of drug-likeness (QED) is 0.907. The number of hydrogen-bond donors (Lipinski definition) is 1. The van der Waals surface area contributed by atoms with Gasteiger partial charge in [-0.3, -0.25) is 0 Å². The van der Waals surface area contributed by atoms with Crippen molar-refractivity contribution in [1.82, 2.24) is 0 Å². The van der Waals surface area contributed by atoms with Crippen LogP contribution in [0.3, 0.4) is 0 Å². The summed E-state index contributed by atoms with van der Waals surface area (Å²) >= 11 is 3.31. The second kappa shape index (κ2) is 4.46. The number of benzene rings is 1. The van der Waals surface area contributed by atoms with Crippen LogP contribution in [0.2, 0.25) is 0 Å². The summed E-state index contributed by atoms with van der Waals surface area (Å²) in [5, 5.41) is 8.65. The molecule has 0 aromatic heterocycles. The Kier molecular flexibility index (Phi) is 3.52. The van der Waals surface area contributed by atoms with Crippen LogP contribution in [0.25, 0.3) is 0 Å². The molecule has 0 saturated carbocycles. The molecule has 14 heavy (non-hydrogen) atoms. The molecule has 0 saturated heterocycles. The Morgan fingerprint density at radius 1 is 1.57 bits per heavy atom. The number of rotatable bonds is 3. The van der Waals surface area contributed by atoms with Crippen molar-refractivity contribution in [3.63, 3.8) is 0 Å². The Morgan fingerprint density at radius 3 is 2.71 bits per heavy atom. The van der Waals surface area contributed by atoms with Crippen LogP contribution in [0, 0.1) is 6.92 Å². The van der Waals surface area contributed by atoms with Crippen molar-refractivity contribution in [2.45, 2.75) is 20.0 Å². The van der Waals surface area contributed by atoms with Crippen molar-refractivity contribution < 1.29 is 14.6 Å². The minimum Gasteiger partial charge on any atom is -0.479 e. The van der Waals surface area contributed by atoms with E-state index in [9.17, 15) is 4.79 Å². The number of aliphatic carboxylic acids is 1. The molecule has 1 aromatic rings. The predicted octanol–water partition coefficient (Wildman–Crippen LogP) is 2.61. The first kappa shape index (κ1) is 11.0. The standard InChI is InChI=1S/C10H11BrO3/c1-6-3-4-9(8(11)5-6)14-7(2)10(12)13/h3-5,7H,1-2H3,(H,12,13)/t7-/m1/s1. The molecule has 1 rings (SSSR count). The topological polar surface area (TPSA) is 46.5 Å². The third-order valence-electron chi connectivity index (χ3n) is 1.74. The first-order chi connectivity index (χ1) is 6.50. The van der Waals surface area contributed by atoms with E-state index in [1.165, 1.54) is 6.92 Å². The monoisotopic (exact) mass is 258 g/mol. The zero-order valence-electron chi connectivity index (χ0n) is 7.95. The van der Waals surface area contributed by atoms with Crippen LogP contribution in [0.15, 0.2) is 22.7 Å². The fraction of sp³-hybridized carbons (Fsp3) is 0.300. The van der Waals surface area contributed by atoms with E-state index >= 15 is 0 Å². The summed E-state index contributed by atoms with van der Waals surface area (Å²) in [5.41, 5.74) is 1.09. The highest BCUT2D eigenvalue weighted by Gasteiger charge is 2.13. The van der Waals surface area contributed by atoms with Crippen molar-refractivity contribution in [3.05, 3.63) is 28.2 Å². The van der Waals surface area contributed by atoms with Crippen molar-refractivity contribution in [2.75, 3.05) is 0 Å². The molecule has 0 fully saturated rings. The van der Waals surface area contributed by atoms with Crippen LogP contribution in [0.5, 0.6) is 5.75 Å². The largest absolute Gasteiger partial charge is 0.479 e. The summed E-state index contributed by atoms with van der Waals surface area (Å²) in [6.07, 6.45) is -0.839. The van der Waals surface area contributed by atoms with Gasteiger partial charge in [0.15, 0.2) is 6.10 Å². The fourth-order valence-corrected chi connectivity index (χ4v) is 1.53. The van der Waals surface area contributed by atoms with E-state index in [2.05, 4.69) is 15.9 Å². The van der Waals surface area contributed by atoms with Gasteiger partial charge in [-0.05, 0) is 47.5 Å². The maximum Gasteiger partial charge on any atom is 0.344 e. The molecule has 0 aliphatic carbocycles. The van der Waals surface area contributed by atoms with Crippen LogP contribution in [0.1, 0.15) is 12.5 Å². The molecule has 1 aromatic carbocycles. The smallest absolute Gasteiger partial charge is 0.344 e. The maximum absolute atomic E-state index is 10.5. The Labute approximate surface area is 90.8 Å². The predicted molar refractivity (Wildman–Crippen MR) is 56.6 cm³/mol. The van der Waals surface area contributed by atoms with E-state index in [1.54, 1.807) is 6.07 Å². The number of carbonyl (C=O) groups is 1. The van der Waals surface area contributed by atoms with Crippen LogP contribution >= 0.6 is 15.9 Å². The maximum atomic E-state index is 10.5. The fourth-order valence-electron chi connectivity index (χ4n) is 0.942. The SMILES string of the molecule is Cc1ccc(O[C@H](C)C(=O)O)c(Br)c1. The highest BCUT2D eigenvalue weighted by molar-refractivity contribution is 9.10. The molecule has 1 atom stereocenters. The lowest BCUT2D eigenvalue weighted by Gasteiger charge is -2.11. The Bertz CT molecular complexity index is 349. The normalized spacial score (nSPS) is 12.2. The number of hydrogen-bond acceptors (Lipinski definition) is 2. The summed E-state index contributed by atoms with van der Waals surface area (Å²) in [6, 6.07) is 5.50. The van der Waals surface area contributed by atoms with Gasteiger partial charge in [0, 0.05) is 0 Å². The first-order valence-corrected chi connectivity index (χ1v) is 4.95. The molecular weight excluding hydrogens is 248 g/mol. The van der Waals surface area contributed by atoms with Crippen LogP contribution in [-0.2, 0) is 4.79 Å². The van der Waals surface area contributed by atoms with Crippen LogP contribution in [-0.4, -0.2) is 17.2 Å². The number of carboxylic acid groups (broad SMARTS) is 1. The van der Waals surface area contributed by atoms with Gasteiger partial charge in [-0.2, -0.15) is 0 Å². The average molecular weight is 259 g/mol. The van der Waals surface area contributed by atoms with Crippen molar-refractivity contribution >= 4 is 21.9 Å². The molecule has 0 radical (unpaired) electrons. The van der Waals surface area contributed by atoms with Gasteiger partial charge in [-0.1, -0.05) is 6.07 Å². The van der Waals surface area contributed by atoms with Gasteiger partial charge < -0.3 is 9.84 Å². The number of ether oxygens (including phenoxy) is 1. The van der Waals surface area contributed by atoms with Gasteiger partial charge in [0.05, 0.1) is 4.47 Å². The molecule has 4 heteroatoms. The lowest BCUT2D eigenvalue weighted by atomic mass is 10.2. The molecule has 0 amide bonds. The zero-order chi connectivity index (χ0) is 10.7. The summed E-state index contributed by atoms with van der Waals surface area (Å²) in [7, 11) is 0. The summed E-state index contributed by atoms with van der Waals surface area (Å²) < 4.78 is 5.98. The lowest BCUT2D eigenvalue weighted by Crippen LogP contribution is -2.23. The van der Waals surface area contributed by atoms with E-state index in [4.69, 9.17) is 9.84 Å². The summed E-state index contributed by atoms with van der Waals surface area (Å²) in [6.45, 7) is 3.45. The van der Waals surface area contributed by atoms with Crippen molar-refractivity contribution in [3.8, 4) is 5.75 Å². The Balaban J connectivity index is 2.82. The van der Waals surface area contributed by atoms with Crippen molar-refractivity contribution in [1.29, 1.82) is 0 Å². The minimum absolute atomic E-state index is 0.547. The zero-order valence-corrected chi connectivity index (χ0v) is 9.54. The van der Waals surface area contributed by atoms with Gasteiger partial charge in [0.25, 0.3) is 0 Å². The van der Waals surface area contributed by atoms with E-state index in [0.29, 0.717) is 5.75 Å². The average Bonchev–Trinajstić information content (AvgIpc) is 2.09. The Hall–Kier alpha value is -1.03. The van der Waals surface area contributed by atoms with E-state index < -0.39 is 12.1 Å². The molecule has 0 spiro atoms. The molecule has 0 unspecified atom stereocenters. The molecular formula is C10H11BrO3. The summed E-state index contributed by atoms with van der Waals surface area (Å²) in [4.78, 5) is 10.5. The van der Waals surface area contributed by atoms with E-state index in [1.807, 2.05) is 19.1 Å². The highest BCUT2D eigenvalue weighted by Crippen LogP contribution is 2.26. The summed E-state index contributed by atoms with van der Waals surface area (Å²) in [5.74, 6) is -0.428. The molecule has 0 aliphatic rings. The van der Waals surface area contributed by atoms with Crippen molar-refractivity contribution in [2.24, 2.45) is 0 Å². The van der Waals surface area contributed by atoms with Gasteiger partial charge in [0.2, 0.25) is 0 Å². The van der Waals surface area contributed by atoms with Gasteiger partial charge >= 0.3 is 5.97 Å². The van der Waals surface area contributed by atoms with Gasteiger partial charge in [-0.15, -0.1) is 0 Å². The van der Waals surface area contributed by atoms with Crippen LogP contribution < -0.4 is 4.74 Å². The second-order valence-corrected chi connectivity index (χ2v) is 3.89. The molecule has 1 N–H and O–H groups in total. The first-order valence-electron chi connectivity index (χ1n) is 4.16. The molecule has 0 aliphatic heterocycles. The van der Waals surface area contributed by atoms with Crippen LogP contribution in [0.4, 0.5) is 0 Å². The lowest BCUT2D eigenvalue weighted by molar-refractivity contribution is -0.144. The number of carboxylic acids is 1. The number of halogens is 1. The molecule has 76 valence electrons. The number of aryl methyl sites for hydroxylation is 1. The molecule has 3 nitrogen and oxygen atoms in total. The highest BCUT2D eigenvalue weighted by atomic mass is 79.9.